The molecule has 3 aromatic rings. The summed E-state index contributed by atoms with van der Waals surface area (Å²) in [6.45, 7) is -0.0573. The number of hydrogen-bond acceptors (Lipinski definition) is 3. The molecule has 0 radical (unpaired) electrons. The van der Waals surface area contributed by atoms with Crippen LogP contribution in [-0.4, -0.2) is 20.8 Å². The third-order valence-corrected chi connectivity index (χ3v) is 3.43. The third-order valence-electron chi connectivity index (χ3n) is 3.43. The van der Waals surface area contributed by atoms with Crippen molar-refractivity contribution in [1.29, 1.82) is 0 Å². The summed E-state index contributed by atoms with van der Waals surface area (Å²) in [5.74, 6) is -0.238. The van der Waals surface area contributed by atoms with Crippen molar-refractivity contribution < 1.29 is 9.90 Å². The van der Waals surface area contributed by atoms with E-state index >= 15 is 0 Å². The zero-order chi connectivity index (χ0) is 16.8. The van der Waals surface area contributed by atoms with Crippen LogP contribution in [-0.2, 0) is 11.4 Å². The lowest BCUT2D eigenvalue weighted by Crippen LogP contribution is -2.07. The molecule has 1 amide bonds. The number of benzene rings is 2. The van der Waals surface area contributed by atoms with Gasteiger partial charge in [0.2, 0.25) is 5.91 Å². The second-order valence-corrected chi connectivity index (χ2v) is 5.23. The number of para-hydroxylation sites is 1. The van der Waals surface area contributed by atoms with Gasteiger partial charge < -0.3 is 10.4 Å². The summed E-state index contributed by atoms with van der Waals surface area (Å²) in [6, 6.07) is 16.9. The number of anilines is 1. The molecule has 0 saturated carbocycles. The molecule has 0 bridgehead atoms. The lowest BCUT2D eigenvalue weighted by atomic mass is 10.2. The Labute approximate surface area is 139 Å². The Kier molecular flexibility index (Phi) is 4.84. The van der Waals surface area contributed by atoms with Crippen molar-refractivity contribution in [3.63, 3.8) is 0 Å². The molecule has 2 N–H and O–H groups in total. The molecule has 0 saturated heterocycles. The molecule has 2 aromatic carbocycles. The van der Waals surface area contributed by atoms with Gasteiger partial charge in [0.25, 0.3) is 0 Å². The molecule has 0 fully saturated rings. The molecule has 0 atom stereocenters. The van der Waals surface area contributed by atoms with E-state index in [2.05, 4.69) is 10.4 Å². The van der Waals surface area contributed by atoms with Crippen LogP contribution in [0.4, 0.5) is 5.69 Å². The average Bonchev–Trinajstić information content (AvgIpc) is 3.10. The van der Waals surface area contributed by atoms with Gasteiger partial charge in [0, 0.05) is 23.5 Å². The lowest BCUT2D eigenvalue weighted by Gasteiger charge is -2.03. The van der Waals surface area contributed by atoms with E-state index in [-0.39, 0.29) is 12.5 Å². The quantitative estimate of drug-likeness (QED) is 0.710. The molecule has 0 aliphatic carbocycles. The summed E-state index contributed by atoms with van der Waals surface area (Å²) in [4.78, 5) is 12.0. The van der Waals surface area contributed by atoms with Crippen LogP contribution in [0.15, 0.2) is 73.1 Å². The molecule has 1 heterocycles. The highest BCUT2D eigenvalue weighted by Gasteiger charge is 2.01. The molecular weight excluding hydrogens is 302 g/mol. The van der Waals surface area contributed by atoms with Crippen molar-refractivity contribution >= 4 is 17.7 Å². The monoisotopic (exact) mass is 319 g/mol. The maximum absolute atomic E-state index is 12.0. The number of amides is 1. The summed E-state index contributed by atoms with van der Waals surface area (Å²) in [5.41, 5.74) is 3.19. The number of nitrogens with zero attached hydrogens (tertiary/aromatic N) is 2. The fraction of sp³-hybridized carbons (Fsp3) is 0.0526. The predicted octanol–water partition coefficient (Wildman–Crippen LogP) is 3.02. The normalized spacial score (nSPS) is 10.9. The number of nitrogens with one attached hydrogen (secondary N) is 1. The summed E-state index contributed by atoms with van der Waals surface area (Å²) in [7, 11) is 0. The minimum atomic E-state index is -0.238. The standard InChI is InChI=1S/C19H17N3O2/c23-14-15-5-4-6-17(11-15)21-19(24)10-9-16-12-20-22(13-16)18-7-2-1-3-8-18/h1-13,23H,14H2,(H,21,24)/b10-9+. The molecule has 5 heteroatoms. The smallest absolute Gasteiger partial charge is 0.248 e. The van der Waals surface area contributed by atoms with Gasteiger partial charge in [-0.15, -0.1) is 0 Å². The van der Waals surface area contributed by atoms with E-state index < -0.39 is 0 Å². The van der Waals surface area contributed by atoms with Gasteiger partial charge in [0.15, 0.2) is 0 Å². The van der Waals surface area contributed by atoms with Gasteiger partial charge in [-0.05, 0) is 35.9 Å². The van der Waals surface area contributed by atoms with Crippen LogP contribution in [0.1, 0.15) is 11.1 Å². The van der Waals surface area contributed by atoms with Crippen LogP contribution >= 0.6 is 0 Å². The van der Waals surface area contributed by atoms with Crippen LogP contribution in [0.25, 0.3) is 11.8 Å². The van der Waals surface area contributed by atoms with E-state index in [9.17, 15) is 4.79 Å². The molecule has 120 valence electrons. The molecule has 1 aromatic heterocycles. The predicted molar refractivity (Wildman–Crippen MR) is 93.6 cm³/mol. The summed E-state index contributed by atoms with van der Waals surface area (Å²) >= 11 is 0. The van der Waals surface area contributed by atoms with Gasteiger partial charge in [-0.25, -0.2) is 4.68 Å². The van der Waals surface area contributed by atoms with E-state index in [0.717, 1.165) is 16.8 Å². The first-order chi connectivity index (χ1) is 11.7. The van der Waals surface area contributed by atoms with Crippen molar-refractivity contribution in [2.24, 2.45) is 0 Å². The molecule has 0 unspecified atom stereocenters. The van der Waals surface area contributed by atoms with Crippen molar-refractivity contribution in [2.75, 3.05) is 5.32 Å². The maximum Gasteiger partial charge on any atom is 0.248 e. The van der Waals surface area contributed by atoms with Gasteiger partial charge in [-0.3, -0.25) is 4.79 Å². The Balaban J connectivity index is 1.65. The number of carbonyl (C=O) groups is 1. The molecule has 0 aliphatic rings. The summed E-state index contributed by atoms with van der Waals surface area (Å²) < 4.78 is 1.75. The SMILES string of the molecule is O=C(/C=C/c1cnn(-c2ccccc2)c1)Nc1cccc(CO)c1. The summed E-state index contributed by atoms with van der Waals surface area (Å²) in [6.07, 6.45) is 6.71. The highest BCUT2D eigenvalue weighted by molar-refractivity contribution is 6.01. The maximum atomic E-state index is 12.0. The third kappa shape index (κ3) is 3.97. The Morgan fingerprint density at radius 3 is 2.79 bits per heavy atom. The number of hydrogen-bond donors (Lipinski definition) is 2. The molecule has 24 heavy (non-hydrogen) atoms. The van der Waals surface area contributed by atoms with E-state index in [1.807, 2.05) is 36.5 Å². The molecule has 5 nitrogen and oxygen atoms in total. The van der Waals surface area contributed by atoms with E-state index in [4.69, 9.17) is 5.11 Å². The summed E-state index contributed by atoms with van der Waals surface area (Å²) in [5, 5.41) is 16.1. The Morgan fingerprint density at radius 2 is 2.00 bits per heavy atom. The van der Waals surface area contributed by atoms with Crippen LogP contribution in [0, 0.1) is 0 Å². The number of aliphatic hydroxyl groups is 1. The van der Waals surface area contributed by atoms with Crippen LogP contribution in [0.5, 0.6) is 0 Å². The minimum Gasteiger partial charge on any atom is -0.392 e. The number of rotatable bonds is 5. The Hall–Kier alpha value is -3.18. The highest BCUT2D eigenvalue weighted by Crippen LogP contribution is 2.11. The van der Waals surface area contributed by atoms with Crippen LogP contribution in [0.3, 0.4) is 0 Å². The average molecular weight is 319 g/mol. The van der Waals surface area contributed by atoms with Gasteiger partial charge in [-0.1, -0.05) is 30.3 Å². The van der Waals surface area contributed by atoms with Gasteiger partial charge >= 0.3 is 0 Å². The first kappa shape index (κ1) is 15.7. The van der Waals surface area contributed by atoms with Crippen molar-refractivity contribution in [2.45, 2.75) is 6.61 Å². The largest absolute Gasteiger partial charge is 0.392 e. The number of aliphatic hydroxyl groups excluding tert-OH is 1. The van der Waals surface area contributed by atoms with Gasteiger partial charge in [0.05, 0.1) is 18.5 Å². The number of aromatic nitrogens is 2. The second kappa shape index (κ2) is 7.39. The van der Waals surface area contributed by atoms with Crippen LogP contribution in [0.2, 0.25) is 0 Å². The fourth-order valence-electron chi connectivity index (χ4n) is 2.25. The van der Waals surface area contributed by atoms with Gasteiger partial charge in [-0.2, -0.15) is 5.10 Å². The molecule has 3 rings (SSSR count). The second-order valence-electron chi connectivity index (χ2n) is 5.23. The molecule has 0 aliphatic heterocycles. The minimum absolute atomic E-state index is 0.0573. The van der Waals surface area contributed by atoms with Crippen molar-refractivity contribution in [3.8, 4) is 5.69 Å². The highest BCUT2D eigenvalue weighted by atomic mass is 16.3. The van der Waals surface area contributed by atoms with E-state index in [0.29, 0.717) is 5.69 Å². The van der Waals surface area contributed by atoms with Gasteiger partial charge in [0.1, 0.15) is 0 Å². The van der Waals surface area contributed by atoms with Crippen LogP contribution < -0.4 is 5.32 Å². The zero-order valence-electron chi connectivity index (χ0n) is 13.0. The number of carbonyl (C=O) groups excluding carboxylic acids is 1. The fourth-order valence-corrected chi connectivity index (χ4v) is 2.25. The zero-order valence-corrected chi connectivity index (χ0v) is 13.0. The first-order valence-corrected chi connectivity index (χ1v) is 7.53. The first-order valence-electron chi connectivity index (χ1n) is 7.53. The lowest BCUT2D eigenvalue weighted by molar-refractivity contribution is -0.111. The Morgan fingerprint density at radius 1 is 1.17 bits per heavy atom. The molecular formula is C19H17N3O2. The molecule has 0 spiro atoms. The van der Waals surface area contributed by atoms with E-state index in [1.54, 1.807) is 41.2 Å². The van der Waals surface area contributed by atoms with E-state index in [1.165, 1.54) is 6.08 Å². The van der Waals surface area contributed by atoms with Crippen molar-refractivity contribution in [3.05, 3.63) is 84.2 Å². The van der Waals surface area contributed by atoms with Crippen molar-refractivity contribution in [1.82, 2.24) is 9.78 Å². The Bertz CT molecular complexity index is 854. The topological polar surface area (TPSA) is 67.2 Å².